The number of benzene rings is 1. The standard InChI is InChI=1S/C15H22N2O3/c1-5-15(4,13(19)20)17-12(18)14(2,3)10-6-8-11(16)9-7-10/h6-9H,5,16H2,1-4H3,(H,17,18)(H,19,20). The fourth-order valence-electron chi connectivity index (χ4n) is 1.73. The van der Waals surface area contributed by atoms with E-state index in [1.807, 2.05) is 0 Å². The third kappa shape index (κ3) is 3.10. The summed E-state index contributed by atoms with van der Waals surface area (Å²) in [6.45, 7) is 6.74. The monoisotopic (exact) mass is 278 g/mol. The maximum absolute atomic E-state index is 12.4. The number of carbonyl (C=O) groups excluding carboxylic acids is 1. The maximum atomic E-state index is 12.4. The summed E-state index contributed by atoms with van der Waals surface area (Å²) in [5.41, 5.74) is 4.94. The van der Waals surface area contributed by atoms with Gasteiger partial charge in [-0.3, -0.25) is 4.79 Å². The average Bonchev–Trinajstić information content (AvgIpc) is 2.38. The molecule has 1 aromatic rings. The molecule has 1 atom stereocenters. The van der Waals surface area contributed by atoms with Gasteiger partial charge in [-0.2, -0.15) is 0 Å². The number of carboxylic acid groups (broad SMARTS) is 1. The Morgan fingerprint density at radius 2 is 1.70 bits per heavy atom. The van der Waals surface area contributed by atoms with E-state index in [-0.39, 0.29) is 5.91 Å². The Hall–Kier alpha value is -2.04. The maximum Gasteiger partial charge on any atom is 0.329 e. The Morgan fingerprint density at radius 3 is 2.10 bits per heavy atom. The number of carboxylic acids is 1. The van der Waals surface area contributed by atoms with Crippen LogP contribution in [0.25, 0.3) is 0 Å². The Balaban J connectivity index is 3.00. The lowest BCUT2D eigenvalue weighted by molar-refractivity contribution is -0.147. The summed E-state index contributed by atoms with van der Waals surface area (Å²) in [5, 5.41) is 11.8. The number of nitrogen functional groups attached to an aromatic ring is 1. The minimum atomic E-state index is -1.26. The van der Waals surface area contributed by atoms with Gasteiger partial charge in [-0.15, -0.1) is 0 Å². The van der Waals surface area contributed by atoms with Crippen molar-refractivity contribution in [3.8, 4) is 0 Å². The highest BCUT2D eigenvalue weighted by Gasteiger charge is 2.38. The van der Waals surface area contributed by atoms with E-state index in [2.05, 4.69) is 5.32 Å². The first-order chi connectivity index (χ1) is 9.13. The van der Waals surface area contributed by atoms with Crippen LogP contribution in [0.1, 0.15) is 39.7 Å². The molecule has 0 fully saturated rings. The summed E-state index contributed by atoms with van der Waals surface area (Å²) in [7, 11) is 0. The lowest BCUT2D eigenvalue weighted by atomic mass is 9.82. The largest absolute Gasteiger partial charge is 0.480 e. The van der Waals surface area contributed by atoms with Crippen LogP contribution in [-0.2, 0) is 15.0 Å². The molecule has 0 spiro atoms. The van der Waals surface area contributed by atoms with Crippen molar-refractivity contribution in [1.82, 2.24) is 5.32 Å². The summed E-state index contributed by atoms with van der Waals surface area (Å²) in [6.07, 6.45) is 0.311. The van der Waals surface area contributed by atoms with Crippen LogP contribution in [0.2, 0.25) is 0 Å². The smallest absolute Gasteiger partial charge is 0.329 e. The van der Waals surface area contributed by atoms with Gasteiger partial charge in [-0.25, -0.2) is 4.79 Å². The Kier molecular flexibility index (Phi) is 4.43. The van der Waals surface area contributed by atoms with E-state index in [1.165, 1.54) is 6.92 Å². The topological polar surface area (TPSA) is 92.4 Å². The van der Waals surface area contributed by atoms with Gasteiger partial charge >= 0.3 is 5.97 Å². The first-order valence-electron chi connectivity index (χ1n) is 6.55. The van der Waals surface area contributed by atoms with Gasteiger partial charge in [0.15, 0.2) is 0 Å². The van der Waals surface area contributed by atoms with Crippen molar-refractivity contribution in [2.75, 3.05) is 5.73 Å². The minimum absolute atomic E-state index is 0.311. The predicted octanol–water partition coefficient (Wildman–Crippen LogP) is 1.92. The highest BCUT2D eigenvalue weighted by Crippen LogP contribution is 2.25. The number of hydrogen-bond acceptors (Lipinski definition) is 3. The third-order valence-corrected chi connectivity index (χ3v) is 3.77. The molecule has 0 aliphatic rings. The first-order valence-corrected chi connectivity index (χ1v) is 6.55. The minimum Gasteiger partial charge on any atom is -0.480 e. The average molecular weight is 278 g/mol. The number of nitrogens with one attached hydrogen (secondary N) is 1. The number of carbonyl (C=O) groups is 2. The van der Waals surface area contributed by atoms with Crippen molar-refractivity contribution in [3.63, 3.8) is 0 Å². The molecule has 0 heterocycles. The lowest BCUT2D eigenvalue weighted by Gasteiger charge is -2.31. The molecule has 1 aromatic carbocycles. The molecule has 1 amide bonds. The molecule has 0 saturated carbocycles. The number of anilines is 1. The molecule has 5 heteroatoms. The molecular weight excluding hydrogens is 256 g/mol. The van der Waals surface area contributed by atoms with Crippen molar-refractivity contribution < 1.29 is 14.7 Å². The van der Waals surface area contributed by atoms with Crippen LogP contribution in [0.3, 0.4) is 0 Å². The van der Waals surface area contributed by atoms with Crippen molar-refractivity contribution >= 4 is 17.6 Å². The highest BCUT2D eigenvalue weighted by atomic mass is 16.4. The molecule has 0 bridgehead atoms. The molecule has 0 radical (unpaired) electrons. The van der Waals surface area contributed by atoms with E-state index in [0.717, 1.165) is 5.56 Å². The van der Waals surface area contributed by atoms with E-state index in [9.17, 15) is 14.7 Å². The zero-order chi connectivity index (χ0) is 15.6. The van der Waals surface area contributed by atoms with E-state index in [0.29, 0.717) is 12.1 Å². The molecule has 1 rings (SSSR count). The van der Waals surface area contributed by atoms with E-state index >= 15 is 0 Å². The van der Waals surface area contributed by atoms with Crippen LogP contribution in [-0.4, -0.2) is 22.5 Å². The predicted molar refractivity (Wildman–Crippen MR) is 78.4 cm³/mol. The second-order valence-electron chi connectivity index (χ2n) is 5.69. The second-order valence-corrected chi connectivity index (χ2v) is 5.69. The molecule has 0 saturated heterocycles. The van der Waals surface area contributed by atoms with Gasteiger partial charge in [0, 0.05) is 5.69 Å². The van der Waals surface area contributed by atoms with Crippen LogP contribution in [0, 0.1) is 0 Å². The Morgan fingerprint density at radius 1 is 1.20 bits per heavy atom. The van der Waals surface area contributed by atoms with Crippen LogP contribution in [0.4, 0.5) is 5.69 Å². The van der Waals surface area contributed by atoms with Gasteiger partial charge in [0.2, 0.25) is 5.91 Å². The molecular formula is C15H22N2O3. The van der Waals surface area contributed by atoms with Crippen LogP contribution in [0.15, 0.2) is 24.3 Å². The zero-order valence-corrected chi connectivity index (χ0v) is 12.4. The van der Waals surface area contributed by atoms with Gasteiger partial charge in [-0.05, 0) is 44.9 Å². The van der Waals surface area contributed by atoms with Crippen molar-refractivity contribution in [2.45, 2.75) is 45.1 Å². The van der Waals surface area contributed by atoms with Gasteiger partial charge in [0.25, 0.3) is 0 Å². The molecule has 1 unspecified atom stereocenters. The van der Waals surface area contributed by atoms with Gasteiger partial charge in [0.1, 0.15) is 5.54 Å². The van der Waals surface area contributed by atoms with Gasteiger partial charge in [-0.1, -0.05) is 19.1 Å². The van der Waals surface area contributed by atoms with Crippen molar-refractivity contribution in [2.24, 2.45) is 0 Å². The van der Waals surface area contributed by atoms with E-state index < -0.39 is 16.9 Å². The molecule has 5 nitrogen and oxygen atoms in total. The van der Waals surface area contributed by atoms with Crippen LogP contribution < -0.4 is 11.1 Å². The molecule has 0 aliphatic heterocycles. The normalized spacial score (nSPS) is 14.4. The number of aliphatic carboxylic acids is 1. The van der Waals surface area contributed by atoms with Crippen molar-refractivity contribution in [1.29, 1.82) is 0 Å². The summed E-state index contributed by atoms with van der Waals surface area (Å²) >= 11 is 0. The fourth-order valence-corrected chi connectivity index (χ4v) is 1.73. The fraction of sp³-hybridized carbons (Fsp3) is 0.467. The van der Waals surface area contributed by atoms with Crippen LogP contribution >= 0.6 is 0 Å². The third-order valence-electron chi connectivity index (χ3n) is 3.77. The molecule has 20 heavy (non-hydrogen) atoms. The zero-order valence-electron chi connectivity index (χ0n) is 12.4. The number of rotatable bonds is 5. The van der Waals surface area contributed by atoms with Crippen molar-refractivity contribution in [3.05, 3.63) is 29.8 Å². The summed E-state index contributed by atoms with van der Waals surface area (Å²) in [5.74, 6) is -1.37. The SMILES string of the molecule is CCC(C)(NC(=O)C(C)(C)c1ccc(N)cc1)C(=O)O. The second kappa shape index (κ2) is 5.53. The van der Waals surface area contributed by atoms with E-state index in [4.69, 9.17) is 5.73 Å². The quantitative estimate of drug-likeness (QED) is 0.717. The Bertz CT molecular complexity index is 508. The first kappa shape index (κ1) is 16.0. The number of amides is 1. The van der Waals surface area contributed by atoms with Gasteiger partial charge in [0.05, 0.1) is 5.41 Å². The summed E-state index contributed by atoms with van der Waals surface area (Å²) in [6, 6.07) is 7.00. The Labute approximate surface area is 119 Å². The number of nitrogens with two attached hydrogens (primary N) is 1. The van der Waals surface area contributed by atoms with E-state index in [1.54, 1.807) is 45.0 Å². The highest BCUT2D eigenvalue weighted by molar-refractivity contribution is 5.92. The van der Waals surface area contributed by atoms with Gasteiger partial charge < -0.3 is 16.2 Å². The summed E-state index contributed by atoms with van der Waals surface area (Å²) < 4.78 is 0. The molecule has 110 valence electrons. The lowest BCUT2D eigenvalue weighted by Crippen LogP contribution is -2.56. The molecule has 0 aromatic heterocycles. The van der Waals surface area contributed by atoms with Crippen LogP contribution in [0.5, 0.6) is 0 Å². The molecule has 4 N–H and O–H groups in total. The summed E-state index contributed by atoms with van der Waals surface area (Å²) in [4.78, 5) is 23.7. The number of hydrogen-bond donors (Lipinski definition) is 3. The molecule has 0 aliphatic carbocycles.